The zero-order valence-electron chi connectivity index (χ0n) is 18.2. The van der Waals surface area contributed by atoms with Crippen molar-refractivity contribution < 1.29 is 4.79 Å². The number of benzene rings is 2. The molecule has 0 atom stereocenters. The Kier molecular flexibility index (Phi) is 6.30. The van der Waals surface area contributed by atoms with Crippen LogP contribution in [-0.4, -0.2) is 47.0 Å². The Morgan fingerprint density at radius 1 is 0.879 bits per heavy atom. The van der Waals surface area contributed by atoms with E-state index in [4.69, 9.17) is 4.98 Å². The molecule has 1 fully saturated rings. The van der Waals surface area contributed by atoms with E-state index >= 15 is 0 Å². The Morgan fingerprint density at radius 3 is 2.27 bits per heavy atom. The number of carbonyl (C=O) groups is 1. The first-order chi connectivity index (χ1) is 16.3. The summed E-state index contributed by atoms with van der Waals surface area (Å²) < 4.78 is 0. The molecule has 166 valence electrons. The molecule has 1 saturated heterocycles. The lowest BCUT2D eigenvalue weighted by Crippen LogP contribution is -2.49. The average molecular weight is 456 g/mol. The van der Waals surface area contributed by atoms with Gasteiger partial charge in [0.25, 0.3) is 0 Å². The summed E-state index contributed by atoms with van der Waals surface area (Å²) in [6.07, 6.45) is 2.16. The molecule has 0 spiro atoms. The quantitative estimate of drug-likeness (QED) is 0.451. The van der Waals surface area contributed by atoms with Crippen LogP contribution >= 0.6 is 11.3 Å². The third kappa shape index (κ3) is 5.04. The van der Waals surface area contributed by atoms with Crippen LogP contribution in [0.4, 0.5) is 16.6 Å². The summed E-state index contributed by atoms with van der Waals surface area (Å²) in [5, 5.41) is 4.17. The third-order valence-electron chi connectivity index (χ3n) is 5.69. The lowest BCUT2D eigenvalue weighted by Gasteiger charge is -2.35. The number of hydrogen-bond acceptors (Lipinski definition) is 6. The minimum absolute atomic E-state index is 0.141. The summed E-state index contributed by atoms with van der Waals surface area (Å²) in [6.45, 7) is 2.98. The number of nitrogens with zero attached hydrogens (tertiary/aromatic N) is 4. The Hall–Kier alpha value is -3.71. The van der Waals surface area contributed by atoms with Gasteiger partial charge in [-0.25, -0.2) is 9.97 Å². The van der Waals surface area contributed by atoms with Gasteiger partial charge in [0.05, 0.1) is 12.1 Å². The zero-order chi connectivity index (χ0) is 22.5. The van der Waals surface area contributed by atoms with E-state index in [1.165, 1.54) is 0 Å². The SMILES string of the molecule is O=C(Cc1sc(Nc2ccccc2)nc1-c1ccccc1)N1CCN(c2ccccn2)CC1. The molecule has 5 rings (SSSR count). The van der Waals surface area contributed by atoms with E-state index in [0.29, 0.717) is 19.5 Å². The first-order valence-corrected chi connectivity index (χ1v) is 11.9. The molecule has 7 heteroatoms. The van der Waals surface area contributed by atoms with Crippen molar-refractivity contribution >= 4 is 33.9 Å². The first kappa shape index (κ1) is 21.2. The molecule has 0 bridgehead atoms. The molecule has 33 heavy (non-hydrogen) atoms. The number of para-hydroxylation sites is 1. The highest BCUT2D eigenvalue weighted by Gasteiger charge is 2.24. The van der Waals surface area contributed by atoms with Crippen LogP contribution in [0.3, 0.4) is 0 Å². The molecule has 0 unspecified atom stereocenters. The molecule has 1 N–H and O–H groups in total. The fraction of sp³-hybridized carbons (Fsp3) is 0.192. The number of pyridine rings is 1. The van der Waals surface area contributed by atoms with Crippen LogP contribution in [-0.2, 0) is 11.2 Å². The van der Waals surface area contributed by atoms with E-state index in [0.717, 1.165) is 45.9 Å². The molecule has 6 nitrogen and oxygen atoms in total. The molecule has 2 aromatic carbocycles. The Bertz CT molecular complexity index is 1190. The maximum Gasteiger partial charge on any atom is 0.228 e. The van der Waals surface area contributed by atoms with E-state index in [1.807, 2.05) is 90.0 Å². The van der Waals surface area contributed by atoms with Crippen molar-refractivity contribution in [2.75, 3.05) is 36.4 Å². The number of rotatable bonds is 6. The number of anilines is 3. The van der Waals surface area contributed by atoms with Crippen LogP contribution < -0.4 is 10.2 Å². The Labute approximate surface area is 197 Å². The highest BCUT2D eigenvalue weighted by atomic mass is 32.1. The third-order valence-corrected chi connectivity index (χ3v) is 6.66. The zero-order valence-corrected chi connectivity index (χ0v) is 19.0. The summed E-state index contributed by atoms with van der Waals surface area (Å²) in [6, 6.07) is 26.0. The lowest BCUT2D eigenvalue weighted by atomic mass is 10.1. The number of thiazole rings is 1. The molecule has 0 aliphatic carbocycles. The van der Waals surface area contributed by atoms with Gasteiger partial charge in [-0.1, -0.05) is 54.6 Å². The van der Waals surface area contributed by atoms with Crippen molar-refractivity contribution in [2.24, 2.45) is 0 Å². The predicted molar refractivity (Wildman–Crippen MR) is 134 cm³/mol. The van der Waals surface area contributed by atoms with Crippen molar-refractivity contribution in [3.63, 3.8) is 0 Å². The Morgan fingerprint density at radius 2 is 1.58 bits per heavy atom. The number of hydrogen-bond donors (Lipinski definition) is 1. The minimum Gasteiger partial charge on any atom is -0.353 e. The van der Waals surface area contributed by atoms with Crippen molar-refractivity contribution in [3.05, 3.63) is 89.9 Å². The number of aromatic nitrogens is 2. The van der Waals surface area contributed by atoms with E-state index in [9.17, 15) is 4.79 Å². The van der Waals surface area contributed by atoms with Crippen molar-refractivity contribution in [3.8, 4) is 11.3 Å². The van der Waals surface area contributed by atoms with Crippen molar-refractivity contribution in [1.82, 2.24) is 14.9 Å². The molecular formula is C26H25N5OS. The standard InChI is InChI=1S/C26H25N5OS/c32-24(31-17-15-30(16-18-31)23-13-7-8-14-27-23)19-22-25(20-9-3-1-4-10-20)29-26(33-22)28-21-11-5-2-6-12-21/h1-14H,15-19H2,(H,28,29). The van der Waals surface area contributed by atoms with Gasteiger partial charge in [-0.3, -0.25) is 4.79 Å². The molecule has 3 heterocycles. The highest BCUT2D eigenvalue weighted by Crippen LogP contribution is 2.33. The van der Waals surface area contributed by atoms with E-state index < -0.39 is 0 Å². The molecule has 4 aromatic rings. The molecular weight excluding hydrogens is 430 g/mol. The fourth-order valence-corrected chi connectivity index (χ4v) is 4.96. The second-order valence-corrected chi connectivity index (χ2v) is 8.96. The summed E-state index contributed by atoms with van der Waals surface area (Å²) in [4.78, 5) is 27.7. The maximum absolute atomic E-state index is 13.2. The second kappa shape index (κ2) is 9.83. The van der Waals surface area contributed by atoms with Gasteiger partial charge in [0.15, 0.2) is 5.13 Å². The molecule has 1 amide bonds. The highest BCUT2D eigenvalue weighted by molar-refractivity contribution is 7.16. The van der Waals surface area contributed by atoms with Gasteiger partial charge in [0, 0.05) is 48.5 Å². The fourth-order valence-electron chi connectivity index (χ4n) is 3.97. The van der Waals surface area contributed by atoms with Crippen LogP contribution in [0.15, 0.2) is 85.1 Å². The number of nitrogens with one attached hydrogen (secondary N) is 1. The first-order valence-electron chi connectivity index (χ1n) is 11.1. The number of piperazine rings is 1. The van der Waals surface area contributed by atoms with Crippen molar-refractivity contribution in [1.29, 1.82) is 0 Å². The molecule has 0 saturated carbocycles. The van der Waals surface area contributed by atoms with Gasteiger partial charge < -0.3 is 15.1 Å². The summed E-state index contributed by atoms with van der Waals surface area (Å²) >= 11 is 1.55. The lowest BCUT2D eigenvalue weighted by molar-refractivity contribution is -0.130. The van der Waals surface area contributed by atoms with Crippen LogP contribution in [0.1, 0.15) is 4.88 Å². The smallest absolute Gasteiger partial charge is 0.228 e. The van der Waals surface area contributed by atoms with Crippen molar-refractivity contribution in [2.45, 2.75) is 6.42 Å². The molecule has 1 aliphatic heterocycles. The summed E-state index contributed by atoms with van der Waals surface area (Å²) in [5.41, 5.74) is 2.88. The molecule has 1 aliphatic rings. The predicted octanol–water partition coefficient (Wildman–Crippen LogP) is 4.84. The molecule has 0 radical (unpaired) electrons. The van der Waals surface area contributed by atoms with Gasteiger partial charge >= 0.3 is 0 Å². The van der Waals surface area contributed by atoms with Gasteiger partial charge in [-0.15, -0.1) is 11.3 Å². The van der Waals surface area contributed by atoms with Crippen LogP contribution in [0.5, 0.6) is 0 Å². The number of amides is 1. The van der Waals surface area contributed by atoms with Gasteiger partial charge in [-0.05, 0) is 24.3 Å². The largest absolute Gasteiger partial charge is 0.353 e. The monoisotopic (exact) mass is 455 g/mol. The molecule has 2 aromatic heterocycles. The average Bonchev–Trinajstić information content (AvgIpc) is 3.27. The Balaban J connectivity index is 1.31. The maximum atomic E-state index is 13.2. The minimum atomic E-state index is 0.141. The van der Waals surface area contributed by atoms with E-state index in [1.54, 1.807) is 11.3 Å². The van der Waals surface area contributed by atoms with Crippen LogP contribution in [0.2, 0.25) is 0 Å². The van der Waals surface area contributed by atoms with E-state index in [-0.39, 0.29) is 5.91 Å². The normalized spacial score (nSPS) is 13.7. The topological polar surface area (TPSA) is 61.4 Å². The van der Waals surface area contributed by atoms with E-state index in [2.05, 4.69) is 15.2 Å². The number of carbonyl (C=O) groups excluding carboxylic acids is 1. The van der Waals surface area contributed by atoms with Gasteiger partial charge in [-0.2, -0.15) is 0 Å². The van der Waals surface area contributed by atoms with Crippen LogP contribution in [0, 0.1) is 0 Å². The van der Waals surface area contributed by atoms with Gasteiger partial charge in [0.2, 0.25) is 5.91 Å². The summed E-state index contributed by atoms with van der Waals surface area (Å²) in [5.74, 6) is 1.11. The van der Waals surface area contributed by atoms with Crippen LogP contribution in [0.25, 0.3) is 11.3 Å². The summed E-state index contributed by atoms with van der Waals surface area (Å²) in [7, 11) is 0. The van der Waals surface area contributed by atoms with Gasteiger partial charge in [0.1, 0.15) is 5.82 Å². The second-order valence-electron chi connectivity index (χ2n) is 7.88.